The fourth-order valence-electron chi connectivity index (χ4n) is 3.28. The quantitative estimate of drug-likeness (QED) is 0.452. The van der Waals surface area contributed by atoms with Crippen LogP contribution in [0.15, 0.2) is 60.7 Å². The molecule has 0 unspecified atom stereocenters. The van der Waals surface area contributed by atoms with E-state index in [9.17, 15) is 4.79 Å². The van der Waals surface area contributed by atoms with E-state index in [4.69, 9.17) is 9.72 Å². The molecule has 1 N–H and O–H groups in total. The average Bonchev–Trinajstić information content (AvgIpc) is 3.13. The van der Waals surface area contributed by atoms with E-state index in [1.807, 2.05) is 75.4 Å². The summed E-state index contributed by atoms with van der Waals surface area (Å²) in [6.45, 7) is 5.98. The van der Waals surface area contributed by atoms with E-state index in [-0.39, 0.29) is 12.5 Å². The normalized spacial score (nSPS) is 10.9. The van der Waals surface area contributed by atoms with Crippen LogP contribution in [-0.2, 0) is 4.79 Å². The van der Waals surface area contributed by atoms with Gasteiger partial charge in [0.25, 0.3) is 5.91 Å². The summed E-state index contributed by atoms with van der Waals surface area (Å²) in [6, 6.07) is 19.9. The average molecular weight is 403 g/mol. The highest BCUT2D eigenvalue weighted by Crippen LogP contribution is 2.34. The molecule has 1 amide bonds. The van der Waals surface area contributed by atoms with Crippen LogP contribution >= 0.6 is 11.3 Å². The van der Waals surface area contributed by atoms with Crippen LogP contribution in [0.2, 0.25) is 0 Å². The first-order chi connectivity index (χ1) is 14.0. The van der Waals surface area contributed by atoms with Gasteiger partial charge < -0.3 is 10.1 Å². The Balaban J connectivity index is 1.50. The Labute approximate surface area is 174 Å². The summed E-state index contributed by atoms with van der Waals surface area (Å²) in [5.74, 6) is 0.542. The maximum atomic E-state index is 12.5. The molecule has 29 heavy (non-hydrogen) atoms. The minimum atomic E-state index is -0.186. The second kappa shape index (κ2) is 8.05. The number of nitrogens with one attached hydrogen (secondary N) is 1. The Morgan fingerprint density at radius 3 is 2.66 bits per heavy atom. The Hall–Kier alpha value is -3.18. The number of para-hydroxylation sites is 1. The Morgan fingerprint density at radius 2 is 1.86 bits per heavy atom. The molecule has 0 aliphatic heterocycles. The van der Waals surface area contributed by atoms with Crippen molar-refractivity contribution in [3.8, 4) is 16.3 Å². The number of ether oxygens (including phenoxy) is 1. The zero-order valence-corrected chi connectivity index (χ0v) is 17.5. The lowest BCUT2D eigenvalue weighted by Gasteiger charge is -2.13. The molecule has 0 atom stereocenters. The molecular formula is C24H22N2O2S. The number of anilines is 1. The molecule has 1 heterocycles. The summed E-state index contributed by atoms with van der Waals surface area (Å²) in [4.78, 5) is 17.2. The topological polar surface area (TPSA) is 51.2 Å². The number of thiazole rings is 1. The van der Waals surface area contributed by atoms with Crippen LogP contribution in [0.5, 0.6) is 5.75 Å². The van der Waals surface area contributed by atoms with Gasteiger partial charge in [0.05, 0.1) is 10.2 Å². The number of hydrogen-bond acceptors (Lipinski definition) is 4. The molecule has 4 nitrogen and oxygen atoms in total. The predicted molar refractivity (Wildman–Crippen MR) is 120 cm³/mol. The third-order valence-corrected chi connectivity index (χ3v) is 5.89. The second-order valence-corrected chi connectivity index (χ2v) is 8.10. The van der Waals surface area contributed by atoms with Crippen molar-refractivity contribution >= 4 is 33.1 Å². The number of hydrogen-bond donors (Lipinski definition) is 1. The van der Waals surface area contributed by atoms with Crippen molar-refractivity contribution in [3.63, 3.8) is 0 Å². The van der Waals surface area contributed by atoms with Gasteiger partial charge >= 0.3 is 0 Å². The van der Waals surface area contributed by atoms with Crippen molar-refractivity contribution in [1.82, 2.24) is 4.98 Å². The molecule has 4 aromatic rings. The molecule has 0 saturated heterocycles. The first-order valence-electron chi connectivity index (χ1n) is 9.47. The highest BCUT2D eigenvalue weighted by molar-refractivity contribution is 7.21. The molecule has 146 valence electrons. The summed E-state index contributed by atoms with van der Waals surface area (Å²) >= 11 is 1.65. The van der Waals surface area contributed by atoms with Crippen molar-refractivity contribution < 1.29 is 9.53 Å². The van der Waals surface area contributed by atoms with Crippen LogP contribution in [0.4, 0.5) is 5.69 Å². The Bertz CT molecular complexity index is 1160. The van der Waals surface area contributed by atoms with E-state index in [0.717, 1.165) is 43.4 Å². The van der Waals surface area contributed by atoms with Crippen LogP contribution in [0.1, 0.15) is 16.7 Å². The van der Waals surface area contributed by atoms with Gasteiger partial charge in [-0.15, -0.1) is 11.3 Å². The molecule has 4 rings (SSSR count). The van der Waals surface area contributed by atoms with Gasteiger partial charge in [0.15, 0.2) is 6.61 Å². The van der Waals surface area contributed by atoms with Crippen molar-refractivity contribution in [2.75, 3.05) is 11.9 Å². The minimum absolute atomic E-state index is 0.0330. The van der Waals surface area contributed by atoms with Crippen LogP contribution < -0.4 is 10.1 Å². The van der Waals surface area contributed by atoms with Crippen molar-refractivity contribution in [3.05, 3.63) is 77.4 Å². The third kappa shape index (κ3) is 4.15. The van der Waals surface area contributed by atoms with Gasteiger partial charge in [-0.25, -0.2) is 4.98 Å². The fourth-order valence-corrected chi connectivity index (χ4v) is 4.33. The number of rotatable bonds is 5. The molecule has 0 aliphatic rings. The van der Waals surface area contributed by atoms with Crippen molar-refractivity contribution in [2.45, 2.75) is 20.8 Å². The number of fused-ring (bicyclic) bond motifs is 1. The fraction of sp³-hybridized carbons (Fsp3) is 0.167. The first-order valence-corrected chi connectivity index (χ1v) is 10.3. The number of carbonyl (C=O) groups is 1. The largest absolute Gasteiger partial charge is 0.483 e. The minimum Gasteiger partial charge on any atom is -0.483 e. The summed E-state index contributed by atoms with van der Waals surface area (Å²) in [7, 11) is 0. The zero-order valence-electron chi connectivity index (χ0n) is 16.7. The smallest absolute Gasteiger partial charge is 0.262 e. The summed E-state index contributed by atoms with van der Waals surface area (Å²) in [5.41, 5.74) is 5.97. The molecule has 0 radical (unpaired) electrons. The monoisotopic (exact) mass is 402 g/mol. The van der Waals surface area contributed by atoms with Crippen LogP contribution in [0.3, 0.4) is 0 Å². The van der Waals surface area contributed by atoms with E-state index in [2.05, 4.69) is 11.4 Å². The Morgan fingerprint density at radius 1 is 1.03 bits per heavy atom. The molecule has 0 bridgehead atoms. The molecule has 3 aromatic carbocycles. The standard InChI is InChI=1S/C24H22N2O2S/c1-15-11-12-21(16(2)13-15)28-14-23(27)25-19-9-6-7-18(17(19)3)24-26-20-8-4-5-10-22(20)29-24/h4-13H,14H2,1-3H3,(H,25,27). The highest BCUT2D eigenvalue weighted by Gasteiger charge is 2.13. The summed E-state index contributed by atoms with van der Waals surface area (Å²) in [6.07, 6.45) is 0. The molecular weight excluding hydrogens is 380 g/mol. The van der Waals surface area contributed by atoms with Gasteiger partial charge in [-0.1, -0.05) is 42.0 Å². The predicted octanol–water partition coefficient (Wildman–Crippen LogP) is 5.91. The summed E-state index contributed by atoms with van der Waals surface area (Å²) in [5, 5.41) is 3.92. The van der Waals surface area contributed by atoms with E-state index in [1.165, 1.54) is 5.56 Å². The molecule has 0 spiro atoms. The van der Waals surface area contributed by atoms with Gasteiger partial charge in [-0.2, -0.15) is 0 Å². The number of amides is 1. The van der Waals surface area contributed by atoms with E-state index < -0.39 is 0 Å². The van der Waals surface area contributed by atoms with Crippen molar-refractivity contribution in [2.24, 2.45) is 0 Å². The SMILES string of the molecule is Cc1ccc(OCC(=O)Nc2cccc(-c3nc4ccccc4s3)c2C)c(C)c1. The first kappa shape index (κ1) is 19.2. The maximum Gasteiger partial charge on any atom is 0.262 e. The number of benzene rings is 3. The van der Waals surface area contributed by atoms with Gasteiger partial charge in [0.1, 0.15) is 10.8 Å². The van der Waals surface area contributed by atoms with E-state index in [0.29, 0.717) is 0 Å². The van der Waals surface area contributed by atoms with Gasteiger partial charge in [-0.05, 0) is 56.2 Å². The molecule has 5 heteroatoms. The molecule has 0 saturated carbocycles. The van der Waals surface area contributed by atoms with Crippen LogP contribution in [-0.4, -0.2) is 17.5 Å². The lowest BCUT2D eigenvalue weighted by molar-refractivity contribution is -0.118. The lowest BCUT2D eigenvalue weighted by atomic mass is 10.1. The lowest BCUT2D eigenvalue weighted by Crippen LogP contribution is -2.21. The molecule has 0 aliphatic carbocycles. The van der Waals surface area contributed by atoms with Crippen LogP contribution in [0.25, 0.3) is 20.8 Å². The van der Waals surface area contributed by atoms with Gasteiger partial charge in [0.2, 0.25) is 0 Å². The van der Waals surface area contributed by atoms with E-state index >= 15 is 0 Å². The summed E-state index contributed by atoms with van der Waals surface area (Å²) < 4.78 is 6.85. The van der Waals surface area contributed by atoms with Gasteiger partial charge in [0, 0.05) is 11.3 Å². The van der Waals surface area contributed by atoms with Crippen LogP contribution in [0, 0.1) is 20.8 Å². The number of nitrogens with zero attached hydrogens (tertiary/aromatic N) is 1. The van der Waals surface area contributed by atoms with Crippen molar-refractivity contribution in [1.29, 1.82) is 0 Å². The number of aromatic nitrogens is 1. The van der Waals surface area contributed by atoms with Gasteiger partial charge in [-0.3, -0.25) is 4.79 Å². The second-order valence-electron chi connectivity index (χ2n) is 7.07. The third-order valence-electron chi connectivity index (χ3n) is 4.82. The number of carbonyl (C=O) groups excluding carboxylic acids is 1. The number of aryl methyl sites for hydroxylation is 2. The zero-order chi connectivity index (χ0) is 20.4. The molecule has 0 fully saturated rings. The maximum absolute atomic E-state index is 12.5. The highest BCUT2D eigenvalue weighted by atomic mass is 32.1. The molecule has 1 aromatic heterocycles. The van der Waals surface area contributed by atoms with E-state index in [1.54, 1.807) is 11.3 Å². The Kier molecular flexibility index (Phi) is 5.32.